The SMILES string of the molecule is O=C(Nc1ccc(N2CCCN(Cc3cccc(F)c3)CC2)nc1)C1CCCCC1. The van der Waals surface area contributed by atoms with E-state index in [2.05, 4.69) is 20.1 Å². The number of carbonyl (C=O) groups is 1. The maximum absolute atomic E-state index is 13.4. The molecule has 1 aliphatic heterocycles. The van der Waals surface area contributed by atoms with E-state index in [0.717, 1.165) is 81.9 Å². The number of pyridine rings is 1. The molecule has 2 aliphatic rings. The predicted octanol–water partition coefficient (Wildman–Crippen LogP) is 4.45. The van der Waals surface area contributed by atoms with Crippen LogP contribution in [0.1, 0.15) is 44.1 Å². The number of nitrogens with zero attached hydrogens (tertiary/aromatic N) is 3. The van der Waals surface area contributed by atoms with Crippen LogP contribution in [0.4, 0.5) is 15.9 Å². The lowest BCUT2D eigenvalue weighted by Crippen LogP contribution is -2.31. The van der Waals surface area contributed by atoms with Crippen LogP contribution in [-0.4, -0.2) is 42.0 Å². The number of anilines is 2. The van der Waals surface area contributed by atoms with E-state index >= 15 is 0 Å². The van der Waals surface area contributed by atoms with E-state index in [1.807, 2.05) is 18.2 Å². The number of amides is 1. The second-order valence-corrected chi connectivity index (χ2v) is 8.48. The molecule has 2 aromatic rings. The average molecular weight is 411 g/mol. The molecule has 1 saturated carbocycles. The molecule has 0 unspecified atom stereocenters. The highest BCUT2D eigenvalue weighted by Crippen LogP contribution is 2.25. The van der Waals surface area contributed by atoms with Crippen LogP contribution in [0.15, 0.2) is 42.6 Å². The zero-order valence-electron chi connectivity index (χ0n) is 17.5. The third-order valence-electron chi connectivity index (χ3n) is 6.20. The Morgan fingerprint density at radius 2 is 1.90 bits per heavy atom. The minimum atomic E-state index is -0.177. The first kappa shape index (κ1) is 20.8. The number of aromatic nitrogens is 1. The van der Waals surface area contributed by atoms with E-state index < -0.39 is 0 Å². The van der Waals surface area contributed by atoms with Crippen LogP contribution in [0.2, 0.25) is 0 Å². The van der Waals surface area contributed by atoms with Crippen molar-refractivity contribution in [3.05, 3.63) is 54.0 Å². The minimum absolute atomic E-state index is 0.131. The summed E-state index contributed by atoms with van der Waals surface area (Å²) in [6.45, 7) is 4.50. The summed E-state index contributed by atoms with van der Waals surface area (Å²) in [5, 5.41) is 3.03. The van der Waals surface area contributed by atoms with Crippen molar-refractivity contribution in [1.29, 1.82) is 0 Å². The normalized spacial score (nSPS) is 18.8. The molecule has 160 valence electrons. The maximum atomic E-state index is 13.4. The summed E-state index contributed by atoms with van der Waals surface area (Å²) in [4.78, 5) is 21.7. The second kappa shape index (κ2) is 10.0. The molecular formula is C24H31FN4O. The third kappa shape index (κ3) is 5.57. The molecule has 0 spiro atoms. The van der Waals surface area contributed by atoms with E-state index in [-0.39, 0.29) is 17.6 Å². The van der Waals surface area contributed by atoms with Crippen LogP contribution in [0.25, 0.3) is 0 Å². The second-order valence-electron chi connectivity index (χ2n) is 8.48. The molecule has 1 aliphatic carbocycles. The first-order valence-corrected chi connectivity index (χ1v) is 11.2. The van der Waals surface area contributed by atoms with Crippen LogP contribution < -0.4 is 10.2 Å². The highest BCUT2D eigenvalue weighted by Gasteiger charge is 2.21. The van der Waals surface area contributed by atoms with Crippen molar-refractivity contribution in [3.8, 4) is 0 Å². The molecular weight excluding hydrogens is 379 g/mol. The van der Waals surface area contributed by atoms with Gasteiger partial charge in [-0.2, -0.15) is 0 Å². The van der Waals surface area contributed by atoms with Gasteiger partial charge in [-0.1, -0.05) is 31.4 Å². The van der Waals surface area contributed by atoms with Crippen molar-refractivity contribution < 1.29 is 9.18 Å². The number of benzene rings is 1. The van der Waals surface area contributed by atoms with Gasteiger partial charge in [-0.3, -0.25) is 9.69 Å². The van der Waals surface area contributed by atoms with Crippen molar-refractivity contribution in [2.24, 2.45) is 5.92 Å². The molecule has 0 atom stereocenters. The van der Waals surface area contributed by atoms with Crippen molar-refractivity contribution in [2.45, 2.75) is 45.1 Å². The topological polar surface area (TPSA) is 48.5 Å². The number of halogens is 1. The summed E-state index contributed by atoms with van der Waals surface area (Å²) in [6.07, 6.45) is 8.35. The van der Waals surface area contributed by atoms with Gasteiger partial charge in [0.2, 0.25) is 5.91 Å². The molecule has 30 heavy (non-hydrogen) atoms. The molecule has 2 fully saturated rings. The first-order valence-electron chi connectivity index (χ1n) is 11.2. The number of carbonyl (C=O) groups excluding carboxylic acids is 1. The lowest BCUT2D eigenvalue weighted by Gasteiger charge is -2.23. The Labute approximate surface area is 178 Å². The zero-order valence-corrected chi connectivity index (χ0v) is 17.5. The Kier molecular flexibility index (Phi) is 6.95. The standard InChI is InChI=1S/C24H31FN4O/c25-21-9-4-6-19(16-21)18-28-12-5-13-29(15-14-28)23-11-10-22(17-26-23)27-24(30)20-7-2-1-3-8-20/h4,6,9-11,16-17,20H,1-3,5,7-8,12-15,18H2,(H,27,30). The molecule has 1 aromatic carbocycles. The fourth-order valence-electron chi connectivity index (χ4n) is 4.51. The van der Waals surface area contributed by atoms with E-state index in [9.17, 15) is 9.18 Å². The van der Waals surface area contributed by atoms with Gasteiger partial charge in [-0.05, 0) is 49.1 Å². The van der Waals surface area contributed by atoms with E-state index in [4.69, 9.17) is 0 Å². The van der Waals surface area contributed by atoms with Gasteiger partial charge in [-0.25, -0.2) is 9.37 Å². The van der Waals surface area contributed by atoms with Gasteiger partial charge in [-0.15, -0.1) is 0 Å². The Hall–Kier alpha value is -2.47. The van der Waals surface area contributed by atoms with Gasteiger partial charge < -0.3 is 10.2 Å². The fourth-order valence-corrected chi connectivity index (χ4v) is 4.51. The smallest absolute Gasteiger partial charge is 0.227 e. The molecule has 2 heterocycles. The lowest BCUT2D eigenvalue weighted by atomic mass is 9.88. The summed E-state index contributed by atoms with van der Waals surface area (Å²) in [5.74, 6) is 1.04. The molecule has 5 nitrogen and oxygen atoms in total. The largest absolute Gasteiger partial charge is 0.355 e. The molecule has 0 radical (unpaired) electrons. The number of hydrogen-bond acceptors (Lipinski definition) is 4. The Balaban J connectivity index is 1.30. The summed E-state index contributed by atoms with van der Waals surface area (Å²) in [6, 6.07) is 10.8. The minimum Gasteiger partial charge on any atom is -0.355 e. The molecule has 0 bridgehead atoms. The van der Waals surface area contributed by atoms with Gasteiger partial charge in [0, 0.05) is 38.6 Å². The summed E-state index contributed by atoms with van der Waals surface area (Å²) in [7, 11) is 0. The molecule has 1 aromatic heterocycles. The van der Waals surface area contributed by atoms with Crippen LogP contribution in [0.5, 0.6) is 0 Å². The lowest BCUT2D eigenvalue weighted by molar-refractivity contribution is -0.120. The highest BCUT2D eigenvalue weighted by atomic mass is 19.1. The average Bonchev–Trinajstić information content (AvgIpc) is 3.00. The highest BCUT2D eigenvalue weighted by molar-refractivity contribution is 5.92. The predicted molar refractivity (Wildman–Crippen MR) is 118 cm³/mol. The maximum Gasteiger partial charge on any atom is 0.227 e. The van der Waals surface area contributed by atoms with Crippen molar-refractivity contribution in [3.63, 3.8) is 0 Å². The van der Waals surface area contributed by atoms with Gasteiger partial charge in [0.25, 0.3) is 0 Å². The van der Waals surface area contributed by atoms with Gasteiger partial charge in [0.15, 0.2) is 0 Å². The van der Waals surface area contributed by atoms with E-state index in [1.54, 1.807) is 18.3 Å². The quantitative estimate of drug-likeness (QED) is 0.791. The fraction of sp³-hybridized carbons (Fsp3) is 0.500. The number of hydrogen-bond donors (Lipinski definition) is 1. The summed E-state index contributed by atoms with van der Waals surface area (Å²) < 4.78 is 13.4. The Morgan fingerprint density at radius 1 is 1.03 bits per heavy atom. The summed E-state index contributed by atoms with van der Waals surface area (Å²) >= 11 is 0. The van der Waals surface area contributed by atoms with Crippen LogP contribution in [-0.2, 0) is 11.3 Å². The van der Waals surface area contributed by atoms with Crippen molar-refractivity contribution in [1.82, 2.24) is 9.88 Å². The molecule has 6 heteroatoms. The third-order valence-corrected chi connectivity index (χ3v) is 6.20. The van der Waals surface area contributed by atoms with Crippen LogP contribution in [0.3, 0.4) is 0 Å². The van der Waals surface area contributed by atoms with Gasteiger partial charge >= 0.3 is 0 Å². The Bertz CT molecular complexity index is 835. The van der Waals surface area contributed by atoms with Crippen LogP contribution >= 0.6 is 0 Å². The molecule has 4 rings (SSSR count). The van der Waals surface area contributed by atoms with Crippen molar-refractivity contribution in [2.75, 3.05) is 36.4 Å². The van der Waals surface area contributed by atoms with Crippen LogP contribution in [0, 0.1) is 11.7 Å². The van der Waals surface area contributed by atoms with E-state index in [0.29, 0.717) is 0 Å². The first-order chi connectivity index (χ1) is 14.7. The Morgan fingerprint density at radius 3 is 2.67 bits per heavy atom. The van der Waals surface area contributed by atoms with Gasteiger partial charge in [0.1, 0.15) is 11.6 Å². The molecule has 1 saturated heterocycles. The summed E-state index contributed by atoms with van der Waals surface area (Å²) in [5.41, 5.74) is 1.79. The van der Waals surface area contributed by atoms with Gasteiger partial charge in [0.05, 0.1) is 11.9 Å². The monoisotopic (exact) mass is 410 g/mol. The number of rotatable bonds is 5. The molecule has 1 N–H and O–H groups in total. The zero-order chi connectivity index (χ0) is 20.8. The molecule has 1 amide bonds. The van der Waals surface area contributed by atoms with E-state index in [1.165, 1.54) is 12.5 Å². The number of nitrogens with one attached hydrogen (secondary N) is 1. The van der Waals surface area contributed by atoms with Crippen molar-refractivity contribution >= 4 is 17.4 Å².